The van der Waals surface area contributed by atoms with Crippen LogP contribution in [-0.2, 0) is 11.2 Å². The lowest BCUT2D eigenvalue weighted by Crippen LogP contribution is -2.26. The largest absolute Gasteiger partial charge is 0.462 e. The van der Waals surface area contributed by atoms with Crippen LogP contribution in [0.15, 0.2) is 29.1 Å². The molecule has 144 valence electrons. The number of nitrogen functional groups attached to an aromatic ring is 2. The SMILES string of the molecule is CCOC(=O)c1cccc(CCC(C[N+](=O)[O-])c2c(N)nc(N)[nH]c2=O)c1. The minimum Gasteiger partial charge on any atom is -0.462 e. The van der Waals surface area contributed by atoms with E-state index in [4.69, 9.17) is 16.2 Å². The highest BCUT2D eigenvalue weighted by Crippen LogP contribution is 2.24. The van der Waals surface area contributed by atoms with Gasteiger partial charge in [0.25, 0.3) is 5.56 Å². The number of aryl methyl sites for hydroxylation is 1. The lowest BCUT2D eigenvalue weighted by atomic mass is 9.93. The fourth-order valence-electron chi connectivity index (χ4n) is 2.83. The number of anilines is 2. The van der Waals surface area contributed by atoms with Crippen LogP contribution < -0.4 is 17.0 Å². The van der Waals surface area contributed by atoms with Crippen LogP contribution >= 0.6 is 0 Å². The number of benzene rings is 1. The summed E-state index contributed by atoms with van der Waals surface area (Å²) >= 11 is 0. The molecular weight excluding hydrogens is 354 g/mol. The van der Waals surface area contributed by atoms with E-state index in [1.807, 2.05) is 0 Å². The van der Waals surface area contributed by atoms with Crippen molar-refractivity contribution in [3.8, 4) is 0 Å². The lowest BCUT2D eigenvalue weighted by Gasteiger charge is -2.14. The molecule has 1 aromatic heterocycles. The third-order valence-electron chi connectivity index (χ3n) is 4.00. The molecule has 1 unspecified atom stereocenters. The first-order valence-corrected chi connectivity index (χ1v) is 8.34. The molecule has 0 saturated heterocycles. The molecule has 10 heteroatoms. The number of aromatic amines is 1. The monoisotopic (exact) mass is 375 g/mol. The van der Waals surface area contributed by atoms with E-state index >= 15 is 0 Å². The molecule has 1 atom stereocenters. The predicted octanol–water partition coefficient (Wildman–Crippen LogP) is 1.10. The summed E-state index contributed by atoms with van der Waals surface area (Å²) in [6.07, 6.45) is 0.668. The van der Waals surface area contributed by atoms with Gasteiger partial charge in [0.1, 0.15) is 5.82 Å². The predicted molar refractivity (Wildman–Crippen MR) is 99.0 cm³/mol. The van der Waals surface area contributed by atoms with Crippen molar-refractivity contribution in [2.24, 2.45) is 0 Å². The van der Waals surface area contributed by atoms with E-state index in [1.54, 1.807) is 31.2 Å². The van der Waals surface area contributed by atoms with Crippen LogP contribution in [0.25, 0.3) is 0 Å². The number of carbonyl (C=O) groups is 1. The second-order valence-electron chi connectivity index (χ2n) is 5.92. The second kappa shape index (κ2) is 8.79. The quantitative estimate of drug-likeness (QED) is 0.350. The van der Waals surface area contributed by atoms with Gasteiger partial charge in [-0.3, -0.25) is 19.9 Å². The molecule has 1 aromatic carbocycles. The number of nitro groups is 1. The van der Waals surface area contributed by atoms with Gasteiger partial charge in [0, 0.05) is 4.92 Å². The van der Waals surface area contributed by atoms with Gasteiger partial charge in [0.2, 0.25) is 12.5 Å². The van der Waals surface area contributed by atoms with E-state index in [9.17, 15) is 19.7 Å². The molecule has 5 N–H and O–H groups in total. The number of ether oxygens (including phenoxy) is 1. The Balaban J connectivity index is 2.24. The number of nitrogens with one attached hydrogen (secondary N) is 1. The number of nitrogens with zero attached hydrogens (tertiary/aromatic N) is 2. The van der Waals surface area contributed by atoms with Crippen molar-refractivity contribution in [3.63, 3.8) is 0 Å². The topological polar surface area (TPSA) is 167 Å². The molecule has 0 radical (unpaired) electrons. The molecule has 2 aromatic rings. The van der Waals surface area contributed by atoms with E-state index in [0.717, 1.165) is 5.56 Å². The van der Waals surface area contributed by atoms with Gasteiger partial charge in [-0.25, -0.2) is 4.79 Å². The average Bonchev–Trinajstić information content (AvgIpc) is 2.58. The lowest BCUT2D eigenvalue weighted by molar-refractivity contribution is -0.483. The van der Waals surface area contributed by atoms with Crippen molar-refractivity contribution in [3.05, 3.63) is 61.4 Å². The molecule has 0 amide bonds. The molecule has 0 aliphatic carbocycles. The fourth-order valence-corrected chi connectivity index (χ4v) is 2.83. The van der Waals surface area contributed by atoms with Crippen molar-refractivity contribution in [2.45, 2.75) is 25.7 Å². The summed E-state index contributed by atoms with van der Waals surface area (Å²) in [5, 5.41) is 11.0. The molecule has 0 aliphatic heterocycles. The van der Waals surface area contributed by atoms with Crippen molar-refractivity contribution in [2.75, 3.05) is 24.6 Å². The third kappa shape index (κ3) is 5.27. The van der Waals surface area contributed by atoms with Gasteiger partial charge in [-0.05, 0) is 37.5 Å². The van der Waals surface area contributed by atoms with Gasteiger partial charge in [-0.2, -0.15) is 4.98 Å². The maximum atomic E-state index is 12.2. The number of hydrogen-bond donors (Lipinski definition) is 3. The molecule has 0 saturated carbocycles. The highest BCUT2D eigenvalue weighted by atomic mass is 16.6. The minimum atomic E-state index is -0.747. The normalized spacial score (nSPS) is 11.7. The number of esters is 1. The summed E-state index contributed by atoms with van der Waals surface area (Å²) in [5.74, 6) is -1.46. The Hall–Kier alpha value is -3.43. The summed E-state index contributed by atoms with van der Waals surface area (Å²) in [6, 6.07) is 6.79. The maximum absolute atomic E-state index is 12.2. The van der Waals surface area contributed by atoms with E-state index in [-0.39, 0.29) is 30.4 Å². The third-order valence-corrected chi connectivity index (χ3v) is 4.00. The van der Waals surface area contributed by atoms with Crippen LogP contribution in [-0.4, -0.2) is 34.0 Å². The zero-order valence-corrected chi connectivity index (χ0v) is 14.8. The smallest absolute Gasteiger partial charge is 0.338 e. The number of aromatic nitrogens is 2. The Bertz CT molecular complexity index is 896. The first kappa shape index (κ1) is 19.9. The number of rotatable bonds is 8. The number of hydrogen-bond acceptors (Lipinski definition) is 8. The van der Waals surface area contributed by atoms with Crippen LogP contribution in [0.3, 0.4) is 0 Å². The number of H-pyrrole nitrogens is 1. The fraction of sp³-hybridized carbons (Fsp3) is 0.353. The number of nitrogens with two attached hydrogens (primary N) is 2. The highest BCUT2D eigenvalue weighted by Gasteiger charge is 2.25. The molecule has 0 bridgehead atoms. The highest BCUT2D eigenvalue weighted by molar-refractivity contribution is 5.89. The molecule has 0 aliphatic rings. The number of carbonyl (C=O) groups excluding carboxylic acids is 1. The van der Waals surface area contributed by atoms with Gasteiger partial charge in [-0.15, -0.1) is 0 Å². The maximum Gasteiger partial charge on any atom is 0.338 e. The van der Waals surface area contributed by atoms with Gasteiger partial charge < -0.3 is 16.2 Å². The van der Waals surface area contributed by atoms with Gasteiger partial charge in [-0.1, -0.05) is 12.1 Å². The van der Waals surface area contributed by atoms with E-state index in [0.29, 0.717) is 12.0 Å². The Morgan fingerprint density at radius 1 is 1.41 bits per heavy atom. The van der Waals surface area contributed by atoms with Crippen molar-refractivity contribution < 1.29 is 14.5 Å². The standard InChI is InChI=1S/C17H21N5O5/c1-2-27-16(24)11-5-3-4-10(8-11)6-7-12(9-22(25)26)13-14(18)20-17(19)21-15(13)23/h3-5,8,12H,2,6-7,9H2,1H3,(H5,18,19,20,21,23). The Morgan fingerprint density at radius 2 is 2.15 bits per heavy atom. The second-order valence-corrected chi connectivity index (χ2v) is 5.92. The van der Waals surface area contributed by atoms with Crippen molar-refractivity contribution in [1.82, 2.24) is 9.97 Å². The zero-order chi connectivity index (χ0) is 20.0. The summed E-state index contributed by atoms with van der Waals surface area (Å²) < 4.78 is 4.96. The zero-order valence-electron chi connectivity index (χ0n) is 14.8. The van der Waals surface area contributed by atoms with Gasteiger partial charge >= 0.3 is 5.97 Å². The van der Waals surface area contributed by atoms with E-state index in [2.05, 4.69) is 9.97 Å². The van der Waals surface area contributed by atoms with Crippen molar-refractivity contribution >= 4 is 17.7 Å². The van der Waals surface area contributed by atoms with Crippen LogP contribution in [0, 0.1) is 10.1 Å². The van der Waals surface area contributed by atoms with E-state index in [1.165, 1.54) is 0 Å². The minimum absolute atomic E-state index is 0.0439. The average molecular weight is 375 g/mol. The molecule has 0 spiro atoms. The summed E-state index contributed by atoms with van der Waals surface area (Å²) in [4.78, 5) is 40.6. The van der Waals surface area contributed by atoms with Gasteiger partial charge in [0.15, 0.2) is 0 Å². The van der Waals surface area contributed by atoms with E-state index < -0.39 is 28.9 Å². The summed E-state index contributed by atoms with van der Waals surface area (Å²) in [7, 11) is 0. The summed E-state index contributed by atoms with van der Waals surface area (Å²) in [5.41, 5.74) is 11.8. The van der Waals surface area contributed by atoms with Crippen LogP contribution in [0.2, 0.25) is 0 Å². The van der Waals surface area contributed by atoms with Crippen LogP contribution in [0.1, 0.15) is 40.7 Å². The molecular formula is C17H21N5O5. The molecule has 2 rings (SSSR count). The molecule has 27 heavy (non-hydrogen) atoms. The Labute approximate surface area is 154 Å². The van der Waals surface area contributed by atoms with Gasteiger partial charge in [0.05, 0.1) is 23.7 Å². The molecule has 1 heterocycles. The molecule has 10 nitrogen and oxygen atoms in total. The summed E-state index contributed by atoms with van der Waals surface area (Å²) in [6.45, 7) is 1.50. The van der Waals surface area contributed by atoms with Crippen molar-refractivity contribution in [1.29, 1.82) is 0 Å². The van der Waals surface area contributed by atoms with Crippen LogP contribution in [0.4, 0.5) is 11.8 Å². The first-order chi connectivity index (χ1) is 12.8. The molecule has 0 fully saturated rings. The Morgan fingerprint density at radius 3 is 2.78 bits per heavy atom. The Kier molecular flexibility index (Phi) is 6.47. The first-order valence-electron chi connectivity index (χ1n) is 8.34. The van der Waals surface area contributed by atoms with Crippen LogP contribution in [0.5, 0.6) is 0 Å².